The van der Waals surface area contributed by atoms with Crippen LogP contribution in [0.25, 0.3) is 0 Å². The number of imide groups is 2. The molecule has 3 aliphatic rings. The average molecular weight is 403 g/mol. The molecule has 1 N–H and O–H groups in total. The minimum atomic E-state index is -1.30. The highest BCUT2D eigenvalue weighted by Gasteiger charge is 2.64. The van der Waals surface area contributed by atoms with Crippen molar-refractivity contribution < 1.29 is 14.4 Å². The largest absolute Gasteiger partial charge is 0.366 e. The van der Waals surface area contributed by atoms with Gasteiger partial charge in [-0.2, -0.15) is 0 Å². The molecule has 3 aliphatic heterocycles. The Kier molecular flexibility index (Phi) is 4.20. The highest BCUT2D eigenvalue weighted by atomic mass is 16.2. The molecule has 6 nitrogen and oxygen atoms in total. The molecule has 0 aromatic heterocycles. The van der Waals surface area contributed by atoms with Crippen molar-refractivity contribution in [2.75, 3.05) is 11.4 Å². The maximum absolute atomic E-state index is 13.8. The molecule has 6 heteroatoms. The van der Waals surface area contributed by atoms with Crippen LogP contribution in [-0.4, -0.2) is 41.4 Å². The molecule has 0 unspecified atom stereocenters. The molecule has 2 aromatic rings. The zero-order valence-corrected chi connectivity index (χ0v) is 17.2. The molecule has 0 radical (unpaired) electrons. The van der Waals surface area contributed by atoms with Crippen molar-refractivity contribution in [3.63, 3.8) is 0 Å². The highest BCUT2D eigenvalue weighted by Crippen LogP contribution is 2.51. The average Bonchev–Trinajstić information content (AvgIpc) is 3.18. The summed E-state index contributed by atoms with van der Waals surface area (Å²) in [5, 5.41) is 2.50. The first kappa shape index (κ1) is 18.9. The Morgan fingerprint density at radius 2 is 1.70 bits per heavy atom. The van der Waals surface area contributed by atoms with Gasteiger partial charge in [0, 0.05) is 24.2 Å². The number of hydrogen-bond acceptors (Lipinski definition) is 4. The second-order valence-corrected chi connectivity index (χ2v) is 8.82. The maximum atomic E-state index is 13.8. The van der Waals surface area contributed by atoms with E-state index in [9.17, 15) is 14.4 Å². The van der Waals surface area contributed by atoms with Crippen molar-refractivity contribution >= 4 is 23.5 Å². The van der Waals surface area contributed by atoms with E-state index in [1.54, 1.807) is 13.8 Å². The molecule has 2 fully saturated rings. The van der Waals surface area contributed by atoms with Gasteiger partial charge in [0.25, 0.3) is 0 Å². The predicted molar refractivity (Wildman–Crippen MR) is 113 cm³/mol. The molecule has 3 atom stereocenters. The lowest BCUT2D eigenvalue weighted by atomic mass is 9.68. The second-order valence-electron chi connectivity index (χ2n) is 8.82. The Morgan fingerprint density at radius 1 is 1.00 bits per heavy atom. The summed E-state index contributed by atoms with van der Waals surface area (Å²) in [7, 11) is 0. The Bertz CT molecular complexity index is 1040. The van der Waals surface area contributed by atoms with E-state index in [-0.39, 0.29) is 23.9 Å². The van der Waals surface area contributed by atoms with Crippen molar-refractivity contribution in [1.82, 2.24) is 10.2 Å². The van der Waals surface area contributed by atoms with Crippen molar-refractivity contribution in [2.24, 2.45) is 5.41 Å². The van der Waals surface area contributed by atoms with E-state index in [1.165, 1.54) is 10.5 Å². The minimum absolute atomic E-state index is 0.213. The second kappa shape index (κ2) is 6.69. The van der Waals surface area contributed by atoms with E-state index in [0.717, 1.165) is 17.8 Å². The molecule has 2 saturated heterocycles. The lowest BCUT2D eigenvalue weighted by molar-refractivity contribution is -0.154. The van der Waals surface area contributed by atoms with Crippen LogP contribution in [0.3, 0.4) is 0 Å². The van der Waals surface area contributed by atoms with Crippen LogP contribution >= 0.6 is 0 Å². The number of amides is 4. The summed E-state index contributed by atoms with van der Waals surface area (Å²) in [6.07, 6.45) is 1.00. The molecular weight excluding hydrogens is 378 g/mol. The number of rotatable bonds is 2. The summed E-state index contributed by atoms with van der Waals surface area (Å²) >= 11 is 0. The van der Waals surface area contributed by atoms with Crippen molar-refractivity contribution in [3.8, 4) is 0 Å². The molecule has 0 aliphatic carbocycles. The molecule has 4 amide bonds. The number of anilines is 1. The quantitative estimate of drug-likeness (QED) is 0.783. The van der Waals surface area contributed by atoms with Gasteiger partial charge < -0.3 is 4.90 Å². The SMILES string of the molecule is CC(C)N1C(=O)NC(=O)[C@@]2(Cc3ccccc3N3C[C@@H](c4ccccc4)C[C@@H]32)C1=O. The first-order chi connectivity index (χ1) is 14.4. The number of nitrogens with one attached hydrogen (secondary N) is 1. The van der Waals surface area contributed by atoms with Crippen LogP contribution in [0.2, 0.25) is 0 Å². The number of carbonyl (C=O) groups excluding carboxylic acids is 3. The van der Waals surface area contributed by atoms with Gasteiger partial charge in [0.2, 0.25) is 11.8 Å². The summed E-state index contributed by atoms with van der Waals surface area (Å²) in [5.41, 5.74) is 1.97. The number of urea groups is 1. The van der Waals surface area contributed by atoms with Crippen LogP contribution in [0, 0.1) is 5.41 Å². The Balaban J connectivity index is 1.65. The van der Waals surface area contributed by atoms with Crippen LogP contribution in [0.5, 0.6) is 0 Å². The summed E-state index contributed by atoms with van der Waals surface area (Å²) in [6.45, 7) is 4.34. The van der Waals surface area contributed by atoms with Gasteiger partial charge in [0.1, 0.15) is 0 Å². The van der Waals surface area contributed by atoms with Crippen molar-refractivity contribution in [3.05, 3.63) is 65.7 Å². The zero-order chi connectivity index (χ0) is 21.0. The molecule has 5 rings (SSSR count). The lowest BCUT2D eigenvalue weighted by Crippen LogP contribution is -2.72. The van der Waals surface area contributed by atoms with Gasteiger partial charge in [-0.15, -0.1) is 0 Å². The molecule has 1 spiro atoms. The number of nitrogens with zero attached hydrogens (tertiary/aromatic N) is 2. The third kappa shape index (κ3) is 2.52. The number of hydrogen-bond donors (Lipinski definition) is 1. The van der Waals surface area contributed by atoms with Crippen LogP contribution in [0.15, 0.2) is 54.6 Å². The number of para-hydroxylation sites is 1. The van der Waals surface area contributed by atoms with E-state index in [4.69, 9.17) is 0 Å². The van der Waals surface area contributed by atoms with Crippen molar-refractivity contribution in [2.45, 2.75) is 44.7 Å². The summed E-state index contributed by atoms with van der Waals surface area (Å²) in [5.74, 6) is -0.623. The fraction of sp³-hybridized carbons (Fsp3) is 0.375. The molecule has 3 heterocycles. The maximum Gasteiger partial charge on any atom is 0.331 e. The fourth-order valence-corrected chi connectivity index (χ4v) is 5.49. The summed E-state index contributed by atoms with van der Waals surface area (Å²) in [4.78, 5) is 43.0. The Hall–Kier alpha value is -3.15. The third-order valence-corrected chi connectivity index (χ3v) is 6.87. The Labute approximate surface area is 175 Å². The smallest absolute Gasteiger partial charge is 0.331 e. The van der Waals surface area contributed by atoms with E-state index in [1.807, 2.05) is 36.4 Å². The number of carbonyl (C=O) groups is 3. The van der Waals surface area contributed by atoms with Gasteiger partial charge in [0.15, 0.2) is 5.41 Å². The van der Waals surface area contributed by atoms with Crippen LogP contribution < -0.4 is 10.2 Å². The van der Waals surface area contributed by atoms with Gasteiger partial charge in [0.05, 0.1) is 6.04 Å². The van der Waals surface area contributed by atoms with Gasteiger partial charge in [-0.3, -0.25) is 19.8 Å². The molecule has 0 saturated carbocycles. The molecule has 30 heavy (non-hydrogen) atoms. The van der Waals surface area contributed by atoms with E-state index >= 15 is 0 Å². The molecule has 154 valence electrons. The number of barbiturate groups is 1. The summed E-state index contributed by atoms with van der Waals surface area (Å²) < 4.78 is 0. The van der Waals surface area contributed by atoms with Gasteiger partial charge in [-0.05, 0) is 43.9 Å². The normalized spacial score (nSPS) is 28.0. The van der Waals surface area contributed by atoms with Crippen LogP contribution in [0.1, 0.15) is 37.3 Å². The third-order valence-electron chi connectivity index (χ3n) is 6.87. The highest BCUT2D eigenvalue weighted by molar-refractivity contribution is 6.20. The fourth-order valence-electron chi connectivity index (χ4n) is 5.49. The number of fused-ring (bicyclic) bond motifs is 4. The van der Waals surface area contributed by atoms with Gasteiger partial charge in [-0.1, -0.05) is 48.5 Å². The van der Waals surface area contributed by atoms with Gasteiger partial charge in [-0.25, -0.2) is 4.79 Å². The van der Waals surface area contributed by atoms with E-state index < -0.39 is 17.4 Å². The van der Waals surface area contributed by atoms with Crippen LogP contribution in [0.4, 0.5) is 10.5 Å². The predicted octanol–water partition coefficient (Wildman–Crippen LogP) is 3.08. The zero-order valence-electron chi connectivity index (χ0n) is 17.2. The Morgan fingerprint density at radius 3 is 2.43 bits per heavy atom. The molecule has 2 aromatic carbocycles. The molecular formula is C24H25N3O3. The minimum Gasteiger partial charge on any atom is -0.366 e. The first-order valence-electron chi connectivity index (χ1n) is 10.5. The number of benzene rings is 2. The standard InChI is InChI=1S/C24H25N3O3/c1-15(2)27-22(29)24(21(28)25-23(27)30)13-17-10-6-7-11-19(17)26-14-18(12-20(24)26)16-8-4-3-5-9-16/h3-11,15,18,20H,12-14H2,1-2H3,(H,25,28,30)/t18-,20+,24-/m0/s1. The van der Waals surface area contributed by atoms with Crippen LogP contribution in [-0.2, 0) is 16.0 Å². The lowest BCUT2D eigenvalue weighted by Gasteiger charge is -2.50. The summed E-state index contributed by atoms with van der Waals surface area (Å²) in [6, 6.07) is 17.0. The van der Waals surface area contributed by atoms with E-state index in [0.29, 0.717) is 12.8 Å². The first-order valence-corrected chi connectivity index (χ1v) is 10.5. The van der Waals surface area contributed by atoms with E-state index in [2.05, 4.69) is 28.4 Å². The van der Waals surface area contributed by atoms with Crippen molar-refractivity contribution in [1.29, 1.82) is 0 Å². The topological polar surface area (TPSA) is 69.7 Å². The van der Waals surface area contributed by atoms with Gasteiger partial charge >= 0.3 is 6.03 Å². The monoisotopic (exact) mass is 403 g/mol. The molecule has 0 bridgehead atoms.